The van der Waals surface area contributed by atoms with Gasteiger partial charge in [0.25, 0.3) is 5.91 Å². The standard InChI is InChI=1S/C22H27NO4/c1-5-16(4)17-8-12-20(13-9-17)26-14-21(24)23-19-10-6-18(7-11-19)22(25)27-15(2)3/h6-13,15-16H,5,14H2,1-4H3,(H,23,24)/t16-/m0/s1. The average Bonchev–Trinajstić information content (AvgIpc) is 2.66. The first-order valence-corrected chi connectivity index (χ1v) is 9.22. The Morgan fingerprint density at radius 1 is 0.963 bits per heavy atom. The predicted molar refractivity (Wildman–Crippen MR) is 106 cm³/mol. The lowest BCUT2D eigenvalue weighted by molar-refractivity contribution is -0.118. The second kappa shape index (κ2) is 9.76. The summed E-state index contributed by atoms with van der Waals surface area (Å²) in [5.41, 5.74) is 2.29. The highest BCUT2D eigenvalue weighted by atomic mass is 16.5. The van der Waals surface area contributed by atoms with E-state index >= 15 is 0 Å². The van der Waals surface area contributed by atoms with Crippen molar-refractivity contribution in [1.29, 1.82) is 0 Å². The molecule has 0 spiro atoms. The van der Waals surface area contributed by atoms with Crippen LogP contribution in [0.5, 0.6) is 5.75 Å². The van der Waals surface area contributed by atoms with Crippen molar-refractivity contribution < 1.29 is 19.1 Å². The van der Waals surface area contributed by atoms with E-state index in [9.17, 15) is 9.59 Å². The minimum atomic E-state index is -0.382. The van der Waals surface area contributed by atoms with Crippen molar-refractivity contribution in [2.24, 2.45) is 0 Å². The first-order chi connectivity index (χ1) is 12.9. The highest BCUT2D eigenvalue weighted by molar-refractivity contribution is 5.93. The Morgan fingerprint density at radius 2 is 1.59 bits per heavy atom. The van der Waals surface area contributed by atoms with Crippen LogP contribution in [0.4, 0.5) is 5.69 Å². The molecule has 0 unspecified atom stereocenters. The van der Waals surface area contributed by atoms with Crippen molar-refractivity contribution >= 4 is 17.6 Å². The Balaban J connectivity index is 1.84. The molecule has 1 amide bonds. The zero-order valence-corrected chi connectivity index (χ0v) is 16.3. The Labute approximate surface area is 160 Å². The topological polar surface area (TPSA) is 64.6 Å². The van der Waals surface area contributed by atoms with Crippen molar-refractivity contribution in [3.8, 4) is 5.75 Å². The van der Waals surface area contributed by atoms with Crippen molar-refractivity contribution in [1.82, 2.24) is 0 Å². The molecule has 5 heteroatoms. The van der Waals surface area contributed by atoms with E-state index in [0.29, 0.717) is 22.9 Å². The summed E-state index contributed by atoms with van der Waals surface area (Å²) in [5, 5.41) is 2.74. The first-order valence-electron chi connectivity index (χ1n) is 9.22. The summed E-state index contributed by atoms with van der Waals surface area (Å²) in [6.07, 6.45) is 0.907. The summed E-state index contributed by atoms with van der Waals surface area (Å²) in [7, 11) is 0. The minimum Gasteiger partial charge on any atom is -0.484 e. The number of ether oxygens (including phenoxy) is 2. The smallest absolute Gasteiger partial charge is 0.338 e. The van der Waals surface area contributed by atoms with Crippen LogP contribution in [-0.2, 0) is 9.53 Å². The van der Waals surface area contributed by atoms with Crippen LogP contribution in [0.15, 0.2) is 48.5 Å². The van der Waals surface area contributed by atoms with Gasteiger partial charge in [0.1, 0.15) is 5.75 Å². The van der Waals surface area contributed by atoms with Gasteiger partial charge in [-0.2, -0.15) is 0 Å². The van der Waals surface area contributed by atoms with Crippen molar-refractivity contribution in [3.63, 3.8) is 0 Å². The van der Waals surface area contributed by atoms with Crippen molar-refractivity contribution in [2.75, 3.05) is 11.9 Å². The molecule has 0 fully saturated rings. The van der Waals surface area contributed by atoms with Gasteiger partial charge in [-0.25, -0.2) is 4.79 Å². The van der Waals surface area contributed by atoms with E-state index in [1.54, 1.807) is 38.1 Å². The Hall–Kier alpha value is -2.82. The summed E-state index contributed by atoms with van der Waals surface area (Å²) in [6.45, 7) is 7.84. The van der Waals surface area contributed by atoms with Gasteiger partial charge in [0.05, 0.1) is 11.7 Å². The first kappa shape index (κ1) is 20.5. The van der Waals surface area contributed by atoms with Gasteiger partial charge in [0, 0.05) is 5.69 Å². The van der Waals surface area contributed by atoms with E-state index < -0.39 is 0 Å². The van der Waals surface area contributed by atoms with Crippen LogP contribution in [0, 0.1) is 0 Å². The lowest BCUT2D eigenvalue weighted by Gasteiger charge is -2.11. The van der Waals surface area contributed by atoms with Crippen molar-refractivity contribution in [2.45, 2.75) is 46.1 Å². The highest BCUT2D eigenvalue weighted by Gasteiger charge is 2.10. The van der Waals surface area contributed by atoms with Crippen LogP contribution in [-0.4, -0.2) is 24.6 Å². The predicted octanol–water partition coefficient (Wildman–Crippen LogP) is 4.78. The molecule has 0 aliphatic rings. The molecule has 27 heavy (non-hydrogen) atoms. The van der Waals surface area contributed by atoms with Crippen LogP contribution >= 0.6 is 0 Å². The molecule has 5 nitrogen and oxygen atoms in total. The Bertz CT molecular complexity index is 751. The lowest BCUT2D eigenvalue weighted by atomic mass is 9.99. The Morgan fingerprint density at radius 3 is 2.15 bits per heavy atom. The van der Waals surface area contributed by atoms with E-state index in [-0.39, 0.29) is 24.6 Å². The monoisotopic (exact) mass is 369 g/mol. The zero-order valence-electron chi connectivity index (χ0n) is 16.3. The zero-order chi connectivity index (χ0) is 19.8. The number of rotatable bonds is 8. The molecule has 2 aromatic carbocycles. The highest BCUT2D eigenvalue weighted by Crippen LogP contribution is 2.21. The third-order valence-electron chi connectivity index (χ3n) is 4.18. The molecule has 0 aromatic heterocycles. The van der Waals surface area contributed by atoms with Gasteiger partial charge in [0.2, 0.25) is 0 Å². The van der Waals surface area contributed by atoms with Gasteiger partial charge in [-0.3, -0.25) is 4.79 Å². The number of esters is 1. The molecule has 0 aliphatic heterocycles. The number of anilines is 1. The molecular formula is C22H27NO4. The SMILES string of the molecule is CC[C@H](C)c1ccc(OCC(=O)Nc2ccc(C(=O)OC(C)C)cc2)cc1. The molecule has 0 radical (unpaired) electrons. The molecule has 2 rings (SSSR count). The molecule has 0 saturated heterocycles. The molecule has 0 aliphatic carbocycles. The van der Waals surface area contributed by atoms with E-state index in [1.165, 1.54) is 5.56 Å². The third kappa shape index (κ3) is 6.44. The number of carbonyl (C=O) groups is 2. The maximum absolute atomic E-state index is 12.0. The number of nitrogens with one attached hydrogen (secondary N) is 1. The van der Waals surface area contributed by atoms with E-state index in [1.807, 2.05) is 24.3 Å². The molecule has 1 atom stereocenters. The number of benzene rings is 2. The average molecular weight is 369 g/mol. The van der Waals surface area contributed by atoms with Crippen LogP contribution in [0.2, 0.25) is 0 Å². The minimum absolute atomic E-state index is 0.0835. The van der Waals surface area contributed by atoms with E-state index in [4.69, 9.17) is 9.47 Å². The summed E-state index contributed by atoms with van der Waals surface area (Å²) in [6, 6.07) is 14.4. The normalized spacial score (nSPS) is 11.7. The number of carbonyl (C=O) groups excluding carboxylic acids is 2. The van der Waals surface area contributed by atoms with Gasteiger partial charge in [0.15, 0.2) is 6.61 Å². The van der Waals surface area contributed by atoms with E-state index in [2.05, 4.69) is 19.2 Å². The van der Waals surface area contributed by atoms with Crippen LogP contribution in [0.25, 0.3) is 0 Å². The summed E-state index contributed by atoms with van der Waals surface area (Å²) >= 11 is 0. The summed E-state index contributed by atoms with van der Waals surface area (Å²) in [5.74, 6) is 0.512. The van der Waals surface area contributed by atoms with Gasteiger partial charge < -0.3 is 14.8 Å². The fraction of sp³-hybridized carbons (Fsp3) is 0.364. The molecule has 0 saturated carbocycles. The number of hydrogen-bond donors (Lipinski definition) is 1. The number of amides is 1. The van der Waals surface area contributed by atoms with Gasteiger partial charge in [-0.05, 0) is 68.1 Å². The van der Waals surface area contributed by atoms with Crippen LogP contribution in [0.3, 0.4) is 0 Å². The summed E-state index contributed by atoms with van der Waals surface area (Å²) in [4.78, 5) is 23.8. The Kier molecular flexibility index (Phi) is 7.41. The molecule has 144 valence electrons. The maximum Gasteiger partial charge on any atom is 0.338 e. The fourth-order valence-electron chi connectivity index (χ4n) is 2.45. The lowest BCUT2D eigenvalue weighted by Crippen LogP contribution is -2.20. The van der Waals surface area contributed by atoms with Gasteiger partial charge in [-0.1, -0.05) is 26.0 Å². The molecular weight excluding hydrogens is 342 g/mol. The second-order valence-electron chi connectivity index (χ2n) is 6.75. The van der Waals surface area contributed by atoms with E-state index in [0.717, 1.165) is 6.42 Å². The third-order valence-corrected chi connectivity index (χ3v) is 4.18. The van der Waals surface area contributed by atoms with Gasteiger partial charge >= 0.3 is 5.97 Å². The molecule has 0 heterocycles. The van der Waals surface area contributed by atoms with Crippen LogP contribution < -0.4 is 10.1 Å². The molecule has 2 aromatic rings. The molecule has 1 N–H and O–H groups in total. The second-order valence-corrected chi connectivity index (χ2v) is 6.75. The van der Waals surface area contributed by atoms with Gasteiger partial charge in [-0.15, -0.1) is 0 Å². The number of hydrogen-bond acceptors (Lipinski definition) is 4. The maximum atomic E-state index is 12.0. The molecule has 0 bridgehead atoms. The largest absolute Gasteiger partial charge is 0.484 e. The van der Waals surface area contributed by atoms with Crippen LogP contribution in [0.1, 0.15) is 56.0 Å². The summed E-state index contributed by atoms with van der Waals surface area (Å²) < 4.78 is 10.7. The fourth-order valence-corrected chi connectivity index (χ4v) is 2.45. The quantitative estimate of drug-likeness (QED) is 0.680. The van der Waals surface area contributed by atoms with Crippen molar-refractivity contribution in [3.05, 3.63) is 59.7 Å².